The Balaban J connectivity index is 2.22. The molecule has 0 spiro atoms. The molecule has 0 radical (unpaired) electrons. The maximum absolute atomic E-state index is 6.19. The number of nitrogens with one attached hydrogen (secondary N) is 1. The summed E-state index contributed by atoms with van der Waals surface area (Å²) in [6.07, 6.45) is -0.0391. The number of methoxy groups -OCH3 is 1. The van der Waals surface area contributed by atoms with Crippen molar-refractivity contribution in [3.63, 3.8) is 0 Å². The molecule has 0 aliphatic heterocycles. The summed E-state index contributed by atoms with van der Waals surface area (Å²) in [5.41, 5.74) is 2.31. The fraction of sp³-hybridized carbons (Fsp3) is 0.333. The SMILES string of the molecule is CCNCC(Oc1ccc(C)cc1OC)c1ccccc1. The van der Waals surface area contributed by atoms with E-state index < -0.39 is 0 Å². The lowest BCUT2D eigenvalue weighted by molar-refractivity contribution is 0.194. The number of likely N-dealkylation sites (N-methyl/N-ethyl adjacent to an activating group) is 1. The van der Waals surface area contributed by atoms with E-state index in [2.05, 4.69) is 24.4 Å². The molecule has 21 heavy (non-hydrogen) atoms. The molecule has 2 rings (SSSR count). The van der Waals surface area contributed by atoms with Crippen LogP contribution >= 0.6 is 0 Å². The number of ether oxygens (including phenoxy) is 2. The Bertz CT molecular complexity index is 554. The van der Waals surface area contributed by atoms with E-state index in [9.17, 15) is 0 Å². The molecular formula is C18H23NO2. The van der Waals surface area contributed by atoms with Gasteiger partial charge in [-0.05, 0) is 36.7 Å². The molecular weight excluding hydrogens is 262 g/mol. The largest absolute Gasteiger partial charge is 0.493 e. The van der Waals surface area contributed by atoms with E-state index in [0.717, 1.165) is 35.7 Å². The average molecular weight is 285 g/mol. The standard InChI is InChI=1S/C18H23NO2/c1-4-19-13-18(15-8-6-5-7-9-15)21-16-11-10-14(2)12-17(16)20-3/h5-12,18-19H,4,13H2,1-3H3. The lowest BCUT2D eigenvalue weighted by Crippen LogP contribution is -2.25. The molecule has 0 saturated heterocycles. The van der Waals surface area contributed by atoms with Crippen molar-refractivity contribution in [3.8, 4) is 11.5 Å². The highest BCUT2D eigenvalue weighted by Gasteiger charge is 2.15. The predicted octanol–water partition coefficient (Wildman–Crippen LogP) is 3.73. The van der Waals surface area contributed by atoms with Gasteiger partial charge in [-0.25, -0.2) is 0 Å². The zero-order chi connectivity index (χ0) is 15.1. The van der Waals surface area contributed by atoms with Gasteiger partial charge in [-0.3, -0.25) is 0 Å². The van der Waals surface area contributed by atoms with E-state index in [1.807, 2.05) is 43.3 Å². The van der Waals surface area contributed by atoms with Gasteiger partial charge in [-0.2, -0.15) is 0 Å². The molecule has 0 bridgehead atoms. The third-order valence-corrected chi connectivity index (χ3v) is 3.34. The molecule has 1 N–H and O–H groups in total. The summed E-state index contributed by atoms with van der Waals surface area (Å²) in [5, 5.41) is 3.35. The van der Waals surface area contributed by atoms with Crippen molar-refractivity contribution in [2.24, 2.45) is 0 Å². The maximum Gasteiger partial charge on any atom is 0.162 e. The van der Waals surface area contributed by atoms with Crippen LogP contribution in [0.4, 0.5) is 0 Å². The molecule has 3 heteroatoms. The highest BCUT2D eigenvalue weighted by molar-refractivity contribution is 5.43. The molecule has 112 valence electrons. The summed E-state index contributed by atoms with van der Waals surface area (Å²) >= 11 is 0. The molecule has 0 aliphatic carbocycles. The first kappa shape index (κ1) is 15.4. The topological polar surface area (TPSA) is 30.5 Å². The van der Waals surface area contributed by atoms with Gasteiger partial charge in [0.05, 0.1) is 7.11 Å². The molecule has 1 unspecified atom stereocenters. The fourth-order valence-corrected chi connectivity index (χ4v) is 2.20. The molecule has 2 aromatic rings. The Morgan fingerprint density at radius 2 is 1.81 bits per heavy atom. The Kier molecular flexibility index (Phi) is 5.64. The first-order valence-electron chi connectivity index (χ1n) is 7.31. The van der Waals surface area contributed by atoms with Gasteiger partial charge in [-0.1, -0.05) is 43.3 Å². The van der Waals surface area contributed by atoms with Gasteiger partial charge < -0.3 is 14.8 Å². The second-order valence-corrected chi connectivity index (χ2v) is 4.98. The van der Waals surface area contributed by atoms with E-state index in [0.29, 0.717) is 0 Å². The van der Waals surface area contributed by atoms with Crippen molar-refractivity contribution in [3.05, 3.63) is 59.7 Å². The third kappa shape index (κ3) is 4.23. The molecule has 1 atom stereocenters. The van der Waals surface area contributed by atoms with Crippen LogP contribution in [0.25, 0.3) is 0 Å². The zero-order valence-corrected chi connectivity index (χ0v) is 12.9. The highest BCUT2D eigenvalue weighted by atomic mass is 16.5. The molecule has 0 aliphatic rings. The summed E-state index contributed by atoms with van der Waals surface area (Å²) in [6.45, 7) is 5.81. The molecule has 0 saturated carbocycles. The summed E-state index contributed by atoms with van der Waals surface area (Å²) in [4.78, 5) is 0. The van der Waals surface area contributed by atoms with Crippen molar-refractivity contribution in [2.75, 3.05) is 20.2 Å². The Hall–Kier alpha value is -2.00. The Morgan fingerprint density at radius 3 is 2.48 bits per heavy atom. The van der Waals surface area contributed by atoms with Crippen LogP contribution in [0.1, 0.15) is 24.2 Å². The number of rotatable bonds is 7. The fourth-order valence-electron chi connectivity index (χ4n) is 2.20. The molecule has 2 aromatic carbocycles. The van der Waals surface area contributed by atoms with Crippen LogP contribution in [0, 0.1) is 6.92 Å². The Labute approximate surface area is 126 Å². The van der Waals surface area contributed by atoms with Crippen molar-refractivity contribution >= 4 is 0 Å². The van der Waals surface area contributed by atoms with Gasteiger partial charge in [0.1, 0.15) is 6.10 Å². The van der Waals surface area contributed by atoms with E-state index >= 15 is 0 Å². The third-order valence-electron chi connectivity index (χ3n) is 3.34. The van der Waals surface area contributed by atoms with Crippen LogP contribution in [-0.2, 0) is 0 Å². The second-order valence-electron chi connectivity index (χ2n) is 4.98. The van der Waals surface area contributed by atoms with Gasteiger partial charge in [-0.15, -0.1) is 0 Å². The molecule has 0 fully saturated rings. The van der Waals surface area contributed by atoms with Crippen molar-refractivity contribution < 1.29 is 9.47 Å². The maximum atomic E-state index is 6.19. The summed E-state index contributed by atoms with van der Waals surface area (Å²) in [7, 11) is 1.67. The van der Waals surface area contributed by atoms with Crippen molar-refractivity contribution in [1.29, 1.82) is 0 Å². The van der Waals surface area contributed by atoms with Crippen LogP contribution in [0.2, 0.25) is 0 Å². The lowest BCUT2D eigenvalue weighted by atomic mass is 10.1. The van der Waals surface area contributed by atoms with Crippen molar-refractivity contribution in [1.82, 2.24) is 5.32 Å². The van der Waals surface area contributed by atoms with E-state index in [-0.39, 0.29) is 6.10 Å². The summed E-state index contributed by atoms with van der Waals surface area (Å²) in [5.74, 6) is 1.54. The number of benzene rings is 2. The summed E-state index contributed by atoms with van der Waals surface area (Å²) < 4.78 is 11.6. The monoisotopic (exact) mass is 285 g/mol. The first-order chi connectivity index (χ1) is 10.2. The van der Waals surface area contributed by atoms with Crippen LogP contribution in [-0.4, -0.2) is 20.2 Å². The Morgan fingerprint density at radius 1 is 1.05 bits per heavy atom. The lowest BCUT2D eigenvalue weighted by Gasteiger charge is -2.21. The smallest absolute Gasteiger partial charge is 0.162 e. The second kappa shape index (κ2) is 7.70. The van der Waals surface area contributed by atoms with Crippen LogP contribution in [0.5, 0.6) is 11.5 Å². The van der Waals surface area contributed by atoms with Gasteiger partial charge >= 0.3 is 0 Å². The van der Waals surface area contributed by atoms with Crippen molar-refractivity contribution in [2.45, 2.75) is 20.0 Å². The van der Waals surface area contributed by atoms with Crippen LogP contribution in [0.3, 0.4) is 0 Å². The van der Waals surface area contributed by atoms with Crippen LogP contribution < -0.4 is 14.8 Å². The van der Waals surface area contributed by atoms with E-state index in [1.165, 1.54) is 0 Å². The number of hydrogen-bond donors (Lipinski definition) is 1. The molecule has 0 amide bonds. The van der Waals surface area contributed by atoms with E-state index in [1.54, 1.807) is 7.11 Å². The molecule has 0 aromatic heterocycles. The normalized spacial score (nSPS) is 12.0. The van der Waals surface area contributed by atoms with Gasteiger partial charge in [0.15, 0.2) is 11.5 Å². The van der Waals surface area contributed by atoms with Gasteiger partial charge in [0, 0.05) is 6.54 Å². The van der Waals surface area contributed by atoms with E-state index in [4.69, 9.17) is 9.47 Å². The minimum Gasteiger partial charge on any atom is -0.493 e. The molecule has 3 nitrogen and oxygen atoms in total. The average Bonchev–Trinajstić information content (AvgIpc) is 2.53. The molecule has 0 heterocycles. The van der Waals surface area contributed by atoms with Crippen LogP contribution in [0.15, 0.2) is 48.5 Å². The minimum atomic E-state index is -0.0391. The predicted molar refractivity (Wildman–Crippen MR) is 86.1 cm³/mol. The minimum absolute atomic E-state index is 0.0391. The van der Waals surface area contributed by atoms with Gasteiger partial charge in [0.2, 0.25) is 0 Å². The number of aryl methyl sites for hydroxylation is 1. The first-order valence-corrected chi connectivity index (χ1v) is 7.31. The quantitative estimate of drug-likeness (QED) is 0.840. The number of hydrogen-bond acceptors (Lipinski definition) is 3. The van der Waals surface area contributed by atoms with Gasteiger partial charge in [0.25, 0.3) is 0 Å². The highest BCUT2D eigenvalue weighted by Crippen LogP contribution is 2.31. The zero-order valence-electron chi connectivity index (χ0n) is 12.9. The summed E-state index contributed by atoms with van der Waals surface area (Å²) in [6, 6.07) is 16.2.